The second kappa shape index (κ2) is 12.9. The molecule has 2 aromatic carbocycles. The molecule has 2 atom stereocenters. The molecule has 4 aliphatic rings. The number of nitrogens with zero attached hydrogens (tertiary/aromatic N) is 3. The maximum absolute atomic E-state index is 13.7. The van der Waals surface area contributed by atoms with Gasteiger partial charge in [-0.2, -0.15) is 4.31 Å². The number of likely N-dealkylation sites (N-methyl/N-ethyl adjacent to an activating group) is 1. The molecule has 4 heterocycles. The number of hydrogen-bond acceptors (Lipinski definition) is 8. The maximum atomic E-state index is 13.7. The van der Waals surface area contributed by atoms with E-state index in [4.69, 9.17) is 9.47 Å². The van der Waals surface area contributed by atoms with Crippen molar-refractivity contribution in [2.45, 2.75) is 43.2 Å². The average Bonchev–Trinajstić information content (AvgIpc) is 3.84. The molecule has 1 aromatic heterocycles. The van der Waals surface area contributed by atoms with Crippen molar-refractivity contribution < 1.29 is 32.3 Å². The Bertz CT molecular complexity index is 1680. The molecule has 1 saturated carbocycles. The smallest absolute Gasteiger partial charge is 0.258 e. The van der Waals surface area contributed by atoms with E-state index < -0.39 is 33.3 Å². The van der Waals surface area contributed by atoms with Crippen LogP contribution in [0.1, 0.15) is 44.8 Å². The Labute approximate surface area is 261 Å². The van der Waals surface area contributed by atoms with E-state index in [9.17, 15) is 22.8 Å². The number of carbonyl (C=O) groups is 3. The van der Waals surface area contributed by atoms with Crippen LogP contribution in [0.25, 0.3) is 0 Å². The first-order valence-electron chi connectivity index (χ1n) is 14.9. The van der Waals surface area contributed by atoms with E-state index in [0.717, 1.165) is 11.3 Å². The second-order valence-corrected chi connectivity index (χ2v) is 13.8. The van der Waals surface area contributed by atoms with E-state index >= 15 is 0 Å². The monoisotopic (exact) mass is 633 g/mol. The second-order valence-electron chi connectivity index (χ2n) is 11.6. The van der Waals surface area contributed by atoms with Crippen LogP contribution in [0.4, 0.5) is 0 Å². The highest BCUT2D eigenvalue weighted by Crippen LogP contribution is 2.33. The summed E-state index contributed by atoms with van der Waals surface area (Å²) < 4.78 is 39.6. The summed E-state index contributed by atoms with van der Waals surface area (Å²) in [6.45, 7) is 0.470. The van der Waals surface area contributed by atoms with Crippen LogP contribution < -0.4 is 20.1 Å². The third-order valence-electron chi connectivity index (χ3n) is 8.12. The fourth-order valence-electron chi connectivity index (χ4n) is 5.38. The molecule has 3 aliphatic heterocycles. The zero-order chi connectivity index (χ0) is 31.6. The lowest BCUT2D eigenvalue weighted by Gasteiger charge is -2.22. The number of fused-ring (bicyclic) bond motifs is 7. The number of aromatic nitrogens is 1. The number of amides is 3. The molecular formula is C32H35N5O7S. The van der Waals surface area contributed by atoms with Gasteiger partial charge in [-0.25, -0.2) is 8.42 Å². The van der Waals surface area contributed by atoms with Crippen molar-refractivity contribution in [3.8, 4) is 11.5 Å². The number of hydrogen-bond donors (Lipinski definition) is 2. The minimum atomic E-state index is -3.51. The van der Waals surface area contributed by atoms with Crippen LogP contribution in [0.2, 0.25) is 0 Å². The molecule has 13 heteroatoms. The first kappa shape index (κ1) is 30.5. The highest BCUT2D eigenvalue weighted by molar-refractivity contribution is 7.90. The topological polar surface area (TPSA) is 147 Å². The summed E-state index contributed by atoms with van der Waals surface area (Å²) in [6, 6.07) is 16.5. The Morgan fingerprint density at radius 1 is 1.04 bits per heavy atom. The van der Waals surface area contributed by atoms with E-state index in [0.29, 0.717) is 31.6 Å². The van der Waals surface area contributed by atoms with Gasteiger partial charge in [0, 0.05) is 56.1 Å². The molecule has 1 aliphatic carbocycles. The van der Waals surface area contributed by atoms with Gasteiger partial charge in [0.1, 0.15) is 17.6 Å². The van der Waals surface area contributed by atoms with Crippen LogP contribution >= 0.6 is 0 Å². The molecule has 2 fully saturated rings. The van der Waals surface area contributed by atoms with Crippen LogP contribution in [0.3, 0.4) is 0 Å². The normalized spacial score (nSPS) is 20.6. The lowest BCUT2D eigenvalue weighted by atomic mass is 10.1. The molecule has 4 bridgehead atoms. The number of sulfonamides is 1. The largest absolute Gasteiger partial charge is 0.487 e. The molecule has 0 radical (unpaired) electrons. The van der Waals surface area contributed by atoms with E-state index in [1.54, 1.807) is 37.5 Å². The number of carbonyl (C=O) groups excluding carboxylic acids is 3. The fraction of sp³-hybridized carbons (Fsp3) is 0.375. The SMILES string of the molecule is CN(CCc1ccccn1)C(=O)c1cc2cc(c1)C(=O)N[C@H]1CN(S(=O)(=O)C3CC3)C[C@@H]1Oc1ccc(cc1)CNC(=O)CO2. The van der Waals surface area contributed by atoms with Gasteiger partial charge in [-0.3, -0.25) is 19.4 Å². The molecular weight excluding hydrogens is 598 g/mol. The Kier molecular flexibility index (Phi) is 8.72. The number of rotatable bonds is 6. The number of pyridine rings is 1. The summed E-state index contributed by atoms with van der Waals surface area (Å²) in [5.41, 5.74) is 2.00. The van der Waals surface area contributed by atoms with Gasteiger partial charge in [0.05, 0.1) is 17.8 Å². The highest BCUT2D eigenvalue weighted by atomic mass is 32.2. The summed E-state index contributed by atoms with van der Waals surface area (Å²) in [4.78, 5) is 45.6. The molecule has 3 aromatic rings. The molecule has 0 spiro atoms. The lowest BCUT2D eigenvalue weighted by molar-refractivity contribution is -0.123. The van der Waals surface area contributed by atoms with Crippen molar-refractivity contribution >= 4 is 27.7 Å². The Morgan fingerprint density at radius 3 is 2.58 bits per heavy atom. The van der Waals surface area contributed by atoms with E-state index in [-0.39, 0.29) is 54.9 Å². The molecule has 0 unspecified atom stereocenters. The van der Waals surface area contributed by atoms with Crippen LogP contribution in [0, 0.1) is 0 Å². The van der Waals surface area contributed by atoms with Gasteiger partial charge < -0.3 is 25.0 Å². The van der Waals surface area contributed by atoms with Gasteiger partial charge in [-0.1, -0.05) is 18.2 Å². The van der Waals surface area contributed by atoms with E-state index in [2.05, 4.69) is 15.6 Å². The maximum Gasteiger partial charge on any atom is 0.258 e. The van der Waals surface area contributed by atoms with Crippen molar-refractivity contribution in [3.63, 3.8) is 0 Å². The average molecular weight is 634 g/mol. The van der Waals surface area contributed by atoms with Gasteiger partial charge in [0.25, 0.3) is 17.7 Å². The third kappa shape index (κ3) is 7.26. The fourth-order valence-corrected chi connectivity index (χ4v) is 7.26. The van der Waals surface area contributed by atoms with Gasteiger partial charge >= 0.3 is 0 Å². The quantitative estimate of drug-likeness (QED) is 0.418. The first-order valence-corrected chi connectivity index (χ1v) is 16.4. The van der Waals surface area contributed by atoms with Crippen molar-refractivity contribution in [3.05, 3.63) is 89.2 Å². The first-order chi connectivity index (χ1) is 21.7. The molecule has 45 heavy (non-hydrogen) atoms. The number of benzene rings is 2. The molecule has 1 saturated heterocycles. The predicted molar refractivity (Wildman–Crippen MR) is 164 cm³/mol. The summed E-state index contributed by atoms with van der Waals surface area (Å²) in [5.74, 6) is -0.563. The Hall–Kier alpha value is -4.49. The van der Waals surface area contributed by atoms with Crippen LogP contribution in [-0.2, 0) is 27.8 Å². The number of ether oxygens (including phenoxy) is 2. The minimum absolute atomic E-state index is 0.0595. The van der Waals surface area contributed by atoms with Gasteiger partial charge in [-0.15, -0.1) is 0 Å². The van der Waals surface area contributed by atoms with E-state index in [1.807, 2.05) is 18.2 Å². The summed E-state index contributed by atoms with van der Waals surface area (Å²) in [7, 11) is -1.85. The van der Waals surface area contributed by atoms with Crippen molar-refractivity contribution in [2.24, 2.45) is 0 Å². The van der Waals surface area contributed by atoms with Crippen molar-refractivity contribution in [1.82, 2.24) is 24.8 Å². The molecule has 12 nitrogen and oxygen atoms in total. The third-order valence-corrected chi connectivity index (χ3v) is 10.4. The van der Waals surface area contributed by atoms with Crippen molar-refractivity contribution in [2.75, 3.05) is 33.3 Å². The van der Waals surface area contributed by atoms with Gasteiger partial charge in [-0.05, 0) is 60.9 Å². The summed E-state index contributed by atoms with van der Waals surface area (Å²) in [5, 5.41) is 5.34. The van der Waals surface area contributed by atoms with Crippen molar-refractivity contribution in [1.29, 1.82) is 0 Å². The van der Waals surface area contributed by atoms with Crippen LogP contribution in [0.15, 0.2) is 66.9 Å². The summed E-state index contributed by atoms with van der Waals surface area (Å²) >= 11 is 0. The standard InChI is InChI=1S/C32H35N5O7S/c1-36(13-11-24-4-2-3-12-33-24)32(40)23-14-22-15-26(16-23)43-20-30(38)34-17-21-5-7-25(8-6-21)44-29-19-37(18-28(29)35-31(22)39)45(41,42)27-9-10-27/h2-8,12,14-16,27-29H,9-11,13,17-20H2,1H3,(H,34,38)(H,35,39)/t28-,29-/m0/s1. The molecule has 236 valence electrons. The zero-order valence-corrected chi connectivity index (χ0v) is 25.7. The predicted octanol–water partition coefficient (Wildman–Crippen LogP) is 1.76. The summed E-state index contributed by atoms with van der Waals surface area (Å²) in [6.07, 6.45) is 2.83. The molecule has 3 amide bonds. The Balaban J connectivity index is 1.28. The Morgan fingerprint density at radius 2 is 1.84 bits per heavy atom. The van der Waals surface area contributed by atoms with Gasteiger partial charge in [0.15, 0.2) is 6.61 Å². The van der Waals surface area contributed by atoms with Gasteiger partial charge in [0.2, 0.25) is 10.0 Å². The lowest BCUT2D eigenvalue weighted by Crippen LogP contribution is -2.45. The van der Waals surface area contributed by atoms with Crippen LogP contribution in [0.5, 0.6) is 11.5 Å². The molecule has 7 rings (SSSR count). The minimum Gasteiger partial charge on any atom is -0.487 e. The molecule has 2 N–H and O–H groups in total. The number of nitrogens with one attached hydrogen (secondary N) is 2. The van der Waals surface area contributed by atoms with Crippen LogP contribution in [-0.4, -0.2) is 91.0 Å². The van der Waals surface area contributed by atoms with E-state index in [1.165, 1.54) is 27.4 Å². The zero-order valence-electron chi connectivity index (χ0n) is 24.8. The highest BCUT2D eigenvalue weighted by Gasteiger charge is 2.47.